The van der Waals surface area contributed by atoms with Crippen molar-refractivity contribution in [3.8, 4) is 11.3 Å². The van der Waals surface area contributed by atoms with Gasteiger partial charge < -0.3 is 0 Å². The van der Waals surface area contributed by atoms with Crippen molar-refractivity contribution in [1.29, 1.82) is 0 Å². The largest absolute Gasteiger partial charge is 0.269 e. The summed E-state index contributed by atoms with van der Waals surface area (Å²) in [6.07, 6.45) is 0. The lowest BCUT2D eigenvalue weighted by atomic mass is 10.2. The smallest absolute Gasteiger partial charge is 0.209 e. The summed E-state index contributed by atoms with van der Waals surface area (Å²) in [7, 11) is 0. The van der Waals surface area contributed by atoms with E-state index in [4.69, 9.17) is 0 Å². The number of benzene rings is 1. The predicted molar refractivity (Wildman–Crippen MR) is 47.5 cm³/mol. The molecule has 0 aliphatic heterocycles. The first-order valence-corrected chi connectivity index (χ1v) is 4.41. The summed E-state index contributed by atoms with van der Waals surface area (Å²) in [5, 5.41) is 1.33. The van der Waals surface area contributed by atoms with Crippen molar-refractivity contribution in [2.75, 3.05) is 0 Å². The van der Waals surface area contributed by atoms with Crippen molar-refractivity contribution < 1.29 is 4.39 Å². The first-order chi connectivity index (χ1) is 5.86. The number of halogens is 1. The van der Waals surface area contributed by atoms with Crippen LogP contribution in [0, 0.1) is 5.26 Å². The van der Waals surface area contributed by atoms with Crippen LogP contribution in [0.3, 0.4) is 0 Å². The van der Waals surface area contributed by atoms with Crippen LogP contribution in [0.25, 0.3) is 11.3 Å². The van der Waals surface area contributed by atoms with E-state index >= 15 is 0 Å². The van der Waals surface area contributed by atoms with Crippen LogP contribution in [0.15, 0.2) is 35.7 Å². The van der Waals surface area contributed by atoms with Crippen molar-refractivity contribution in [1.82, 2.24) is 4.98 Å². The summed E-state index contributed by atoms with van der Waals surface area (Å²) in [5.74, 6) is 0. The second-order valence-electron chi connectivity index (χ2n) is 2.35. The molecule has 0 bridgehead atoms. The highest BCUT2D eigenvalue weighted by Gasteiger charge is 2.01. The van der Waals surface area contributed by atoms with Gasteiger partial charge in [-0.2, -0.15) is 4.39 Å². The van der Waals surface area contributed by atoms with E-state index in [0.717, 1.165) is 16.9 Å². The molecule has 1 nitrogen and oxygen atoms in total. The van der Waals surface area contributed by atoms with E-state index in [-0.39, 0.29) is 5.26 Å². The zero-order valence-electron chi connectivity index (χ0n) is 6.20. The molecular weight excluding hydrogens is 173 g/mol. The Morgan fingerprint density at radius 3 is 2.50 bits per heavy atom. The second kappa shape index (κ2) is 3.03. The van der Waals surface area contributed by atoms with Gasteiger partial charge in [0.25, 0.3) is 5.26 Å². The van der Waals surface area contributed by atoms with Gasteiger partial charge in [-0.25, -0.2) is 4.98 Å². The van der Waals surface area contributed by atoms with E-state index in [1.807, 2.05) is 30.3 Å². The van der Waals surface area contributed by atoms with Crippen LogP contribution in [-0.2, 0) is 0 Å². The molecule has 2 aromatic rings. The molecule has 0 atom stereocenters. The standard InChI is InChI=1S/C9H6FNS/c10-9-11-8(6-12-9)7-4-2-1-3-5-7/h1-6H. The molecule has 3 heteroatoms. The highest BCUT2D eigenvalue weighted by molar-refractivity contribution is 7.08. The Kier molecular flexibility index (Phi) is 1.87. The lowest BCUT2D eigenvalue weighted by Gasteiger charge is -1.92. The van der Waals surface area contributed by atoms with Crippen LogP contribution in [0.2, 0.25) is 0 Å². The first-order valence-electron chi connectivity index (χ1n) is 3.53. The Morgan fingerprint density at radius 2 is 1.92 bits per heavy atom. The summed E-state index contributed by atoms with van der Waals surface area (Å²) in [4.78, 5) is 3.73. The maximum atomic E-state index is 12.5. The van der Waals surface area contributed by atoms with Gasteiger partial charge in [0.05, 0.1) is 5.69 Å². The van der Waals surface area contributed by atoms with E-state index < -0.39 is 0 Å². The molecule has 0 saturated heterocycles. The molecule has 0 N–H and O–H groups in total. The molecule has 0 amide bonds. The predicted octanol–water partition coefficient (Wildman–Crippen LogP) is 2.95. The highest BCUT2D eigenvalue weighted by Crippen LogP contribution is 2.19. The summed E-state index contributed by atoms with van der Waals surface area (Å²) in [6, 6.07) is 9.56. The molecule has 0 radical (unpaired) electrons. The molecule has 1 aromatic heterocycles. The van der Waals surface area contributed by atoms with Crippen LogP contribution in [0.5, 0.6) is 0 Å². The topological polar surface area (TPSA) is 12.9 Å². The summed E-state index contributed by atoms with van der Waals surface area (Å²) >= 11 is 1.02. The number of thiazole rings is 1. The van der Waals surface area contributed by atoms with Gasteiger partial charge >= 0.3 is 0 Å². The number of hydrogen-bond acceptors (Lipinski definition) is 2. The van der Waals surface area contributed by atoms with E-state index in [0.29, 0.717) is 5.69 Å². The first kappa shape index (κ1) is 7.43. The van der Waals surface area contributed by atoms with Gasteiger partial charge in [-0.1, -0.05) is 41.7 Å². The summed E-state index contributed by atoms with van der Waals surface area (Å²) < 4.78 is 12.5. The van der Waals surface area contributed by atoms with Gasteiger partial charge in [0.15, 0.2) is 0 Å². The van der Waals surface area contributed by atoms with Gasteiger partial charge in [0.1, 0.15) is 0 Å². The Morgan fingerprint density at radius 1 is 1.17 bits per heavy atom. The molecule has 0 fully saturated rings. The fraction of sp³-hybridized carbons (Fsp3) is 0. The Bertz CT molecular complexity index is 369. The average Bonchev–Trinajstić information content (AvgIpc) is 2.54. The van der Waals surface area contributed by atoms with Crippen LogP contribution in [-0.4, -0.2) is 4.98 Å². The van der Waals surface area contributed by atoms with Crippen molar-refractivity contribution in [2.24, 2.45) is 0 Å². The van der Waals surface area contributed by atoms with Crippen LogP contribution >= 0.6 is 11.3 Å². The van der Waals surface area contributed by atoms with Crippen LogP contribution in [0.4, 0.5) is 4.39 Å². The fourth-order valence-electron chi connectivity index (χ4n) is 0.993. The van der Waals surface area contributed by atoms with Crippen LogP contribution in [0.1, 0.15) is 0 Å². The Hall–Kier alpha value is -1.22. The maximum Gasteiger partial charge on any atom is 0.269 e. The van der Waals surface area contributed by atoms with Gasteiger partial charge in [-0.15, -0.1) is 0 Å². The van der Waals surface area contributed by atoms with E-state index in [1.165, 1.54) is 0 Å². The summed E-state index contributed by atoms with van der Waals surface area (Å²) in [5.41, 5.74) is 1.66. The molecule has 1 heterocycles. The molecular formula is C9H6FNS. The lowest BCUT2D eigenvalue weighted by Crippen LogP contribution is -1.76. The third-order valence-corrected chi connectivity index (χ3v) is 2.17. The SMILES string of the molecule is Fc1nc(-c2ccccc2)cs1. The zero-order chi connectivity index (χ0) is 8.39. The molecule has 0 unspecified atom stereocenters. The summed E-state index contributed by atoms with van der Waals surface area (Å²) in [6.45, 7) is 0. The van der Waals surface area contributed by atoms with Crippen LogP contribution < -0.4 is 0 Å². The van der Waals surface area contributed by atoms with E-state index in [1.54, 1.807) is 5.38 Å². The highest BCUT2D eigenvalue weighted by atomic mass is 32.1. The van der Waals surface area contributed by atoms with Gasteiger partial charge in [0, 0.05) is 10.9 Å². The zero-order valence-corrected chi connectivity index (χ0v) is 7.01. The number of aromatic nitrogens is 1. The van der Waals surface area contributed by atoms with Crippen molar-refractivity contribution in [3.63, 3.8) is 0 Å². The minimum Gasteiger partial charge on any atom is -0.209 e. The fourth-order valence-corrected chi connectivity index (χ4v) is 1.54. The van der Waals surface area contributed by atoms with E-state index in [9.17, 15) is 4.39 Å². The lowest BCUT2D eigenvalue weighted by molar-refractivity contribution is 0.618. The minimum absolute atomic E-state index is 0.381. The molecule has 0 spiro atoms. The monoisotopic (exact) mass is 179 g/mol. The molecule has 0 saturated carbocycles. The van der Waals surface area contributed by atoms with Gasteiger partial charge in [-0.05, 0) is 0 Å². The van der Waals surface area contributed by atoms with Gasteiger partial charge in [0.2, 0.25) is 0 Å². The molecule has 0 aliphatic carbocycles. The van der Waals surface area contributed by atoms with Crippen molar-refractivity contribution in [2.45, 2.75) is 0 Å². The third-order valence-electron chi connectivity index (χ3n) is 1.55. The molecule has 1 aromatic carbocycles. The maximum absolute atomic E-state index is 12.5. The molecule has 2 rings (SSSR count). The van der Waals surface area contributed by atoms with Gasteiger partial charge in [-0.3, -0.25) is 0 Å². The Balaban J connectivity index is 2.45. The van der Waals surface area contributed by atoms with E-state index in [2.05, 4.69) is 4.98 Å². The Labute approximate surface area is 73.5 Å². The third kappa shape index (κ3) is 1.36. The second-order valence-corrected chi connectivity index (χ2v) is 3.16. The van der Waals surface area contributed by atoms with Crippen molar-refractivity contribution >= 4 is 11.3 Å². The average molecular weight is 179 g/mol. The normalized spacial score (nSPS) is 10.1. The molecule has 60 valence electrons. The van der Waals surface area contributed by atoms with Crippen molar-refractivity contribution in [3.05, 3.63) is 41.0 Å². The molecule has 12 heavy (non-hydrogen) atoms. The number of rotatable bonds is 1. The quantitative estimate of drug-likeness (QED) is 0.655. The number of nitrogens with zero attached hydrogens (tertiary/aromatic N) is 1. The minimum atomic E-state index is -0.381. The molecule has 0 aliphatic rings. The number of hydrogen-bond donors (Lipinski definition) is 0.